The van der Waals surface area contributed by atoms with Crippen LogP contribution in [0, 0.1) is 0 Å². The first-order valence-electron chi connectivity index (χ1n) is 12.8. The number of aliphatic imine (C=N–C) groups is 1. The van der Waals surface area contributed by atoms with Crippen LogP contribution in [-0.4, -0.2) is 23.3 Å². The summed E-state index contributed by atoms with van der Waals surface area (Å²) in [7, 11) is 0. The molecule has 5 rings (SSSR count). The van der Waals surface area contributed by atoms with Gasteiger partial charge in [0.25, 0.3) is 5.91 Å². The van der Waals surface area contributed by atoms with Gasteiger partial charge in [0.1, 0.15) is 11.9 Å². The minimum absolute atomic E-state index is 0.160. The molecule has 3 aromatic carbocycles. The molecule has 196 valence electrons. The van der Waals surface area contributed by atoms with E-state index in [1.165, 1.54) is 11.1 Å². The number of nitrogens with zero attached hydrogens (tertiary/aromatic N) is 2. The predicted molar refractivity (Wildman–Crippen MR) is 158 cm³/mol. The Bertz CT molecular complexity index is 1470. The molecule has 0 aliphatic carbocycles. The minimum Gasteiger partial charge on any atom is -0.352 e. The molecule has 0 saturated carbocycles. The Labute approximate surface area is 238 Å². The van der Waals surface area contributed by atoms with Crippen molar-refractivity contribution in [2.45, 2.75) is 25.3 Å². The van der Waals surface area contributed by atoms with Crippen LogP contribution in [0.2, 0.25) is 10.0 Å². The van der Waals surface area contributed by atoms with Crippen molar-refractivity contribution < 1.29 is 4.79 Å². The first kappa shape index (κ1) is 26.7. The number of pyridine rings is 1. The lowest BCUT2D eigenvalue weighted by Gasteiger charge is -2.27. The van der Waals surface area contributed by atoms with Crippen molar-refractivity contribution in [1.29, 1.82) is 0 Å². The first-order chi connectivity index (χ1) is 19.0. The molecule has 0 spiro atoms. The number of halogens is 2. The zero-order valence-corrected chi connectivity index (χ0v) is 23.0. The normalized spacial score (nSPS) is 15.1. The van der Waals surface area contributed by atoms with E-state index >= 15 is 0 Å². The Morgan fingerprint density at radius 3 is 2.23 bits per heavy atom. The molecule has 1 aromatic heterocycles. The van der Waals surface area contributed by atoms with Gasteiger partial charge >= 0.3 is 0 Å². The standard InChI is InChI=1S/C32H28Cl2N4O/c1-21-29(32(39)36-18-16-26(22-9-4-2-5-10-22)23-11-6-3-7-12-23)30(24-14-15-27(33)28(34)19-24)38-31(37-21)25-13-8-17-35-20-25/h2-15,17,19-20,26,30H,16,18H2,1H3,(H,36,39)(H,37,38). The zero-order valence-electron chi connectivity index (χ0n) is 21.4. The lowest BCUT2D eigenvalue weighted by Crippen LogP contribution is -2.37. The van der Waals surface area contributed by atoms with E-state index in [0.717, 1.165) is 23.2 Å². The van der Waals surface area contributed by atoms with Gasteiger partial charge in [-0.25, -0.2) is 0 Å². The van der Waals surface area contributed by atoms with Crippen LogP contribution < -0.4 is 10.6 Å². The molecule has 1 aliphatic rings. The second-order valence-corrected chi connectivity index (χ2v) is 10.2. The molecule has 1 unspecified atom stereocenters. The van der Waals surface area contributed by atoms with Crippen LogP contribution in [0.1, 0.15) is 47.6 Å². The highest BCUT2D eigenvalue weighted by molar-refractivity contribution is 6.42. The molecule has 0 fully saturated rings. The molecule has 1 atom stereocenters. The van der Waals surface area contributed by atoms with Crippen molar-refractivity contribution in [1.82, 2.24) is 15.6 Å². The summed E-state index contributed by atoms with van der Waals surface area (Å²) in [5.74, 6) is 0.625. The third-order valence-electron chi connectivity index (χ3n) is 6.80. The van der Waals surface area contributed by atoms with Gasteiger partial charge in [0, 0.05) is 36.1 Å². The van der Waals surface area contributed by atoms with Crippen LogP contribution in [-0.2, 0) is 4.79 Å². The van der Waals surface area contributed by atoms with E-state index in [-0.39, 0.29) is 11.8 Å². The van der Waals surface area contributed by atoms with Gasteiger partial charge in [0.05, 0.1) is 15.6 Å². The number of hydrogen-bond acceptors (Lipinski definition) is 4. The summed E-state index contributed by atoms with van der Waals surface area (Å²) in [6, 6.07) is 29.3. The Hall–Kier alpha value is -3.93. The van der Waals surface area contributed by atoms with E-state index in [2.05, 4.69) is 39.9 Å². The molecule has 1 aliphatic heterocycles. The van der Waals surface area contributed by atoms with Gasteiger partial charge in [0.15, 0.2) is 0 Å². The van der Waals surface area contributed by atoms with E-state index in [9.17, 15) is 4.79 Å². The zero-order chi connectivity index (χ0) is 27.2. The lowest BCUT2D eigenvalue weighted by molar-refractivity contribution is -0.117. The van der Waals surface area contributed by atoms with Gasteiger partial charge in [-0.05, 0) is 54.3 Å². The summed E-state index contributed by atoms with van der Waals surface area (Å²) in [6.07, 6.45) is 4.20. The molecule has 7 heteroatoms. The molecular weight excluding hydrogens is 527 g/mol. The van der Waals surface area contributed by atoms with Gasteiger partial charge in [-0.2, -0.15) is 0 Å². The molecule has 0 saturated heterocycles. The van der Waals surface area contributed by atoms with E-state index in [0.29, 0.717) is 28.0 Å². The van der Waals surface area contributed by atoms with Crippen molar-refractivity contribution in [3.63, 3.8) is 0 Å². The number of hydrogen-bond donors (Lipinski definition) is 2. The quantitative estimate of drug-likeness (QED) is 0.244. The fraction of sp³-hybridized carbons (Fsp3) is 0.156. The van der Waals surface area contributed by atoms with Crippen molar-refractivity contribution in [3.05, 3.63) is 147 Å². The monoisotopic (exact) mass is 554 g/mol. The highest BCUT2D eigenvalue weighted by Gasteiger charge is 2.30. The Morgan fingerprint density at radius 2 is 1.62 bits per heavy atom. The number of rotatable bonds is 8. The van der Waals surface area contributed by atoms with Crippen LogP contribution >= 0.6 is 23.2 Å². The summed E-state index contributed by atoms with van der Waals surface area (Å²) < 4.78 is 0. The number of nitrogens with one attached hydrogen (secondary N) is 2. The summed E-state index contributed by atoms with van der Waals surface area (Å²) in [4.78, 5) is 22.8. The smallest absolute Gasteiger partial charge is 0.251 e. The fourth-order valence-electron chi connectivity index (χ4n) is 4.87. The Balaban J connectivity index is 1.40. The van der Waals surface area contributed by atoms with Crippen molar-refractivity contribution in [3.8, 4) is 0 Å². The van der Waals surface area contributed by atoms with Crippen LogP contribution in [0.25, 0.3) is 0 Å². The molecule has 0 bridgehead atoms. The molecule has 4 aromatic rings. The van der Waals surface area contributed by atoms with Crippen LogP contribution in [0.4, 0.5) is 0 Å². The number of carbonyl (C=O) groups is 1. The summed E-state index contributed by atoms with van der Waals surface area (Å²) in [5, 5.41) is 7.33. The summed E-state index contributed by atoms with van der Waals surface area (Å²) >= 11 is 12.6. The number of allylic oxidation sites excluding steroid dienone is 1. The molecule has 2 N–H and O–H groups in total. The second kappa shape index (κ2) is 12.3. The van der Waals surface area contributed by atoms with E-state index < -0.39 is 6.04 Å². The topological polar surface area (TPSA) is 66.4 Å². The first-order valence-corrected chi connectivity index (χ1v) is 13.6. The molecule has 2 heterocycles. The molecule has 39 heavy (non-hydrogen) atoms. The molecular formula is C32H28Cl2N4O. The van der Waals surface area contributed by atoms with Crippen molar-refractivity contribution in [2.75, 3.05) is 6.54 Å². The maximum Gasteiger partial charge on any atom is 0.251 e. The van der Waals surface area contributed by atoms with Crippen LogP contribution in [0.5, 0.6) is 0 Å². The molecule has 0 radical (unpaired) electrons. The maximum atomic E-state index is 13.7. The van der Waals surface area contributed by atoms with Gasteiger partial charge < -0.3 is 10.6 Å². The van der Waals surface area contributed by atoms with E-state index in [4.69, 9.17) is 28.2 Å². The average Bonchev–Trinajstić information content (AvgIpc) is 2.97. The number of amidine groups is 1. The highest BCUT2D eigenvalue weighted by Crippen LogP contribution is 2.35. The Morgan fingerprint density at radius 1 is 0.923 bits per heavy atom. The Kier molecular flexibility index (Phi) is 8.40. The molecule has 1 amide bonds. The van der Waals surface area contributed by atoms with Gasteiger partial charge in [-0.15, -0.1) is 0 Å². The minimum atomic E-state index is -0.560. The number of amides is 1. The van der Waals surface area contributed by atoms with Crippen LogP contribution in [0.15, 0.2) is 120 Å². The van der Waals surface area contributed by atoms with Gasteiger partial charge in [-0.3, -0.25) is 14.8 Å². The maximum absolute atomic E-state index is 13.7. The van der Waals surface area contributed by atoms with Gasteiger partial charge in [0.2, 0.25) is 0 Å². The van der Waals surface area contributed by atoms with Crippen molar-refractivity contribution in [2.24, 2.45) is 4.99 Å². The lowest BCUT2D eigenvalue weighted by atomic mass is 9.88. The largest absolute Gasteiger partial charge is 0.352 e. The molecule has 5 nitrogen and oxygen atoms in total. The van der Waals surface area contributed by atoms with E-state index in [1.54, 1.807) is 24.5 Å². The highest BCUT2D eigenvalue weighted by atomic mass is 35.5. The average molecular weight is 556 g/mol. The summed E-state index contributed by atoms with van der Waals surface area (Å²) in [5.41, 5.74) is 5.30. The van der Waals surface area contributed by atoms with E-state index in [1.807, 2.05) is 61.5 Å². The van der Waals surface area contributed by atoms with Gasteiger partial charge in [-0.1, -0.05) is 89.9 Å². The van der Waals surface area contributed by atoms with Crippen LogP contribution in [0.3, 0.4) is 0 Å². The second-order valence-electron chi connectivity index (χ2n) is 9.38. The summed E-state index contributed by atoms with van der Waals surface area (Å²) in [6.45, 7) is 2.39. The third kappa shape index (κ3) is 6.22. The predicted octanol–water partition coefficient (Wildman–Crippen LogP) is 7.09. The number of aromatic nitrogens is 1. The number of benzene rings is 3. The fourth-order valence-corrected chi connectivity index (χ4v) is 5.17. The third-order valence-corrected chi connectivity index (χ3v) is 7.54. The number of carbonyl (C=O) groups excluding carboxylic acids is 1. The van der Waals surface area contributed by atoms with Crippen molar-refractivity contribution >= 4 is 34.9 Å². The SMILES string of the molecule is CC1=C(C(=O)NCCC(c2ccccc2)c2ccccc2)C(c2ccc(Cl)c(Cl)c2)N=C(c2cccnc2)N1.